The molecule has 0 atom stereocenters. The molecule has 3 heteroatoms. The molecule has 55 heavy (non-hydrogen) atoms. The van der Waals surface area contributed by atoms with Crippen molar-refractivity contribution in [3.05, 3.63) is 107 Å². The average Bonchev–Trinajstić information content (AvgIpc) is 3.70. The fraction of sp³-hybridized carbons (Fsp3) is 0.192. The van der Waals surface area contributed by atoms with Crippen LogP contribution < -0.4 is 0 Å². The number of aryl methyl sites for hydroxylation is 4. The Morgan fingerprint density at radius 3 is 1.65 bits per heavy atom. The van der Waals surface area contributed by atoms with Gasteiger partial charge in [0, 0.05) is 21.5 Å². The zero-order valence-corrected chi connectivity index (χ0v) is 32.4. The fourth-order valence-corrected chi connectivity index (χ4v) is 12.0. The molecular formula is C52H38N2S. The minimum Gasteiger partial charge on any atom is -0.172 e. The van der Waals surface area contributed by atoms with E-state index in [4.69, 9.17) is 8.75 Å². The number of hydrogen-bond donors (Lipinski definition) is 0. The Balaban J connectivity index is 1.42. The first kappa shape index (κ1) is 30.7. The molecule has 1 aromatic heterocycles. The first-order valence-corrected chi connectivity index (χ1v) is 21.0. The van der Waals surface area contributed by atoms with E-state index in [9.17, 15) is 0 Å². The van der Waals surface area contributed by atoms with Gasteiger partial charge in [0.1, 0.15) is 11.0 Å². The summed E-state index contributed by atoms with van der Waals surface area (Å²) in [5.41, 5.74) is 7.70. The van der Waals surface area contributed by atoms with E-state index in [1.54, 1.807) is 0 Å². The lowest BCUT2D eigenvalue weighted by Gasteiger charge is -2.27. The van der Waals surface area contributed by atoms with E-state index in [-0.39, 0.29) is 0 Å². The van der Waals surface area contributed by atoms with Crippen molar-refractivity contribution >= 4 is 141 Å². The van der Waals surface area contributed by atoms with Gasteiger partial charge in [0.25, 0.3) is 0 Å². The zero-order valence-electron chi connectivity index (χ0n) is 31.6. The van der Waals surface area contributed by atoms with E-state index < -0.39 is 0 Å². The first-order valence-electron chi connectivity index (χ1n) is 20.3. The molecule has 0 amide bonds. The summed E-state index contributed by atoms with van der Waals surface area (Å²) in [6.07, 6.45) is 6.91. The van der Waals surface area contributed by atoms with Crippen molar-refractivity contribution < 1.29 is 0 Å². The monoisotopic (exact) mass is 722 g/mol. The third kappa shape index (κ3) is 3.58. The summed E-state index contributed by atoms with van der Waals surface area (Å²) in [7, 11) is 0. The maximum atomic E-state index is 5.23. The van der Waals surface area contributed by atoms with E-state index in [1.807, 2.05) is 0 Å². The van der Waals surface area contributed by atoms with Crippen LogP contribution in [-0.2, 0) is 12.8 Å². The van der Waals surface area contributed by atoms with Crippen molar-refractivity contribution in [1.82, 2.24) is 8.75 Å². The second kappa shape index (κ2) is 10.6. The Hall–Kier alpha value is -5.64. The van der Waals surface area contributed by atoms with Crippen LogP contribution in [-0.4, -0.2) is 8.75 Å². The fourth-order valence-electron chi connectivity index (χ4n) is 11.4. The van der Waals surface area contributed by atoms with Gasteiger partial charge in [-0.3, -0.25) is 0 Å². The number of hydrogen-bond acceptors (Lipinski definition) is 3. The molecule has 13 aromatic rings. The van der Waals surface area contributed by atoms with Crippen LogP contribution in [0, 0.1) is 13.8 Å². The van der Waals surface area contributed by atoms with Crippen LogP contribution in [0.2, 0.25) is 0 Å². The Bertz CT molecular complexity index is 3760. The van der Waals surface area contributed by atoms with Gasteiger partial charge in [-0.1, -0.05) is 111 Å². The summed E-state index contributed by atoms with van der Waals surface area (Å²) in [4.78, 5) is 0. The number of rotatable bonds is 6. The Morgan fingerprint density at radius 2 is 0.982 bits per heavy atom. The van der Waals surface area contributed by atoms with Crippen LogP contribution in [0.5, 0.6) is 0 Å². The molecule has 0 N–H and O–H groups in total. The lowest BCUT2D eigenvalue weighted by atomic mass is 9.75. The molecule has 0 saturated carbocycles. The number of unbranched alkanes of at least 4 members (excludes halogenated alkanes) is 2. The number of benzene rings is 12. The normalized spacial score (nSPS) is 13.2. The third-order valence-corrected chi connectivity index (χ3v) is 14.1. The highest BCUT2D eigenvalue weighted by molar-refractivity contribution is 7.00. The molecule has 0 aliphatic carbocycles. The van der Waals surface area contributed by atoms with Gasteiger partial charge in [-0.15, -0.1) is 0 Å². The number of nitrogens with zero attached hydrogens (tertiary/aromatic N) is 2. The van der Waals surface area contributed by atoms with Crippen LogP contribution in [0.25, 0.3) is 130 Å². The SMILES string of the molecule is CCCCc1ccc2c(c1)c1cc(C)c3c4c(CCCC)cc5c6cc(C)ccc6c6cccc7c6c5c4c4c7c5nsnc5c5c6cccc2c6c1c3c54. The van der Waals surface area contributed by atoms with Crippen LogP contribution in [0.1, 0.15) is 61.8 Å². The highest BCUT2D eigenvalue weighted by Crippen LogP contribution is 2.58. The van der Waals surface area contributed by atoms with E-state index in [0.29, 0.717) is 0 Å². The summed E-state index contributed by atoms with van der Waals surface area (Å²) < 4.78 is 10.4. The van der Waals surface area contributed by atoms with E-state index in [1.165, 1.54) is 165 Å². The Morgan fingerprint density at radius 1 is 0.418 bits per heavy atom. The first-order chi connectivity index (χ1) is 27.1. The molecule has 1 heterocycles. The van der Waals surface area contributed by atoms with Gasteiger partial charge in [-0.2, -0.15) is 8.75 Å². The van der Waals surface area contributed by atoms with Gasteiger partial charge in [-0.05, 0) is 159 Å². The molecule has 12 aromatic carbocycles. The van der Waals surface area contributed by atoms with Gasteiger partial charge >= 0.3 is 0 Å². The largest absolute Gasteiger partial charge is 0.172 e. The van der Waals surface area contributed by atoms with Crippen molar-refractivity contribution in [2.24, 2.45) is 0 Å². The smallest absolute Gasteiger partial charge is 0.113 e. The van der Waals surface area contributed by atoms with Gasteiger partial charge in [-0.25, -0.2) is 0 Å². The second-order valence-corrected chi connectivity index (χ2v) is 17.2. The van der Waals surface area contributed by atoms with Gasteiger partial charge in [0.2, 0.25) is 0 Å². The second-order valence-electron chi connectivity index (χ2n) is 16.6. The van der Waals surface area contributed by atoms with Crippen molar-refractivity contribution in [2.45, 2.75) is 66.2 Å². The maximum Gasteiger partial charge on any atom is 0.113 e. The molecule has 0 aliphatic rings. The standard InChI is InChI=1S/C52H38N2S/c1-5-7-11-27-18-20-30-32-14-10-15-33-41(32)43-37(36(30)23-27)22-26(4)39-40-28(12-8-6-2)24-38-35-21-25(3)17-19-29(35)31-13-9-16-34-42(31)44(38)48(40)50-46(34)52-51(53-55-54-52)45(33)49(50)47(39)43/h9-10,13-24H,5-8,11-12H2,1-4H3. The highest BCUT2D eigenvalue weighted by Gasteiger charge is 2.31. The van der Waals surface area contributed by atoms with E-state index in [2.05, 4.69) is 113 Å². The van der Waals surface area contributed by atoms with Gasteiger partial charge in [0.15, 0.2) is 0 Å². The molecule has 0 saturated heterocycles. The molecule has 0 unspecified atom stereocenters. The summed E-state index contributed by atoms with van der Waals surface area (Å²) in [5, 5.41) is 30.2. The molecule has 0 bridgehead atoms. The number of fused-ring (bicyclic) bond motifs is 12. The highest BCUT2D eigenvalue weighted by atomic mass is 32.1. The van der Waals surface area contributed by atoms with E-state index >= 15 is 0 Å². The minimum atomic E-state index is 1.05. The summed E-state index contributed by atoms with van der Waals surface area (Å²) in [6.45, 7) is 9.27. The summed E-state index contributed by atoms with van der Waals surface area (Å²) >= 11 is 1.37. The average molecular weight is 723 g/mol. The van der Waals surface area contributed by atoms with Crippen molar-refractivity contribution in [1.29, 1.82) is 0 Å². The predicted octanol–water partition coefficient (Wildman–Crippen LogP) is 15.4. The summed E-state index contributed by atoms with van der Waals surface area (Å²) in [5.74, 6) is 0. The van der Waals surface area contributed by atoms with Crippen molar-refractivity contribution in [3.63, 3.8) is 0 Å². The molecule has 0 spiro atoms. The minimum absolute atomic E-state index is 1.05. The van der Waals surface area contributed by atoms with Crippen LogP contribution in [0.4, 0.5) is 0 Å². The third-order valence-electron chi connectivity index (χ3n) is 13.6. The lowest BCUT2D eigenvalue weighted by Crippen LogP contribution is -2.01. The van der Waals surface area contributed by atoms with E-state index in [0.717, 1.165) is 36.7 Å². The molecule has 13 rings (SSSR count). The van der Waals surface area contributed by atoms with Crippen molar-refractivity contribution in [3.8, 4) is 0 Å². The van der Waals surface area contributed by atoms with Gasteiger partial charge in [0.05, 0.1) is 11.7 Å². The molecule has 262 valence electrons. The Labute approximate surface area is 322 Å². The molecule has 0 aliphatic heterocycles. The van der Waals surface area contributed by atoms with Crippen LogP contribution in [0.15, 0.2) is 84.9 Å². The number of aromatic nitrogens is 2. The molecular weight excluding hydrogens is 685 g/mol. The topological polar surface area (TPSA) is 25.8 Å². The predicted molar refractivity (Wildman–Crippen MR) is 241 cm³/mol. The van der Waals surface area contributed by atoms with Crippen LogP contribution >= 0.6 is 11.7 Å². The van der Waals surface area contributed by atoms with Gasteiger partial charge < -0.3 is 0 Å². The quantitative estimate of drug-likeness (QED) is 0.126. The molecule has 2 nitrogen and oxygen atoms in total. The maximum absolute atomic E-state index is 5.23. The summed E-state index contributed by atoms with van der Waals surface area (Å²) in [6, 6.07) is 33.6. The zero-order chi connectivity index (χ0) is 36.4. The molecule has 0 radical (unpaired) electrons. The van der Waals surface area contributed by atoms with Crippen LogP contribution in [0.3, 0.4) is 0 Å². The van der Waals surface area contributed by atoms with Crippen molar-refractivity contribution in [2.75, 3.05) is 0 Å². The lowest BCUT2D eigenvalue weighted by molar-refractivity contribution is 0.796. The molecule has 0 fully saturated rings. The Kier molecular flexibility index (Phi) is 5.89.